The number of carbonyl (C=O) groups is 1. The Hall–Kier alpha value is -2.00. The molecule has 0 saturated carbocycles. The minimum atomic E-state index is -3.46. The van der Waals surface area contributed by atoms with E-state index < -0.39 is 15.9 Å². The molecule has 0 atom stereocenters. The average Bonchev–Trinajstić information content (AvgIpc) is 2.44. The molecule has 1 rings (SSSR count). The first-order chi connectivity index (χ1) is 10.4. The van der Waals surface area contributed by atoms with Crippen molar-refractivity contribution < 1.29 is 17.9 Å². The van der Waals surface area contributed by atoms with E-state index in [9.17, 15) is 13.2 Å². The molecule has 0 bridgehead atoms. The van der Waals surface area contributed by atoms with Crippen LogP contribution in [0.15, 0.2) is 24.3 Å². The number of terminal acetylenes is 1. The van der Waals surface area contributed by atoms with Gasteiger partial charge in [0.1, 0.15) is 12.4 Å². The molecule has 5 nitrogen and oxygen atoms in total. The highest BCUT2D eigenvalue weighted by Gasteiger charge is 2.08. The van der Waals surface area contributed by atoms with Crippen LogP contribution in [0, 0.1) is 12.3 Å². The van der Waals surface area contributed by atoms with Gasteiger partial charge in [-0.1, -0.05) is 30.5 Å². The highest BCUT2D eigenvalue weighted by Crippen LogP contribution is 2.20. The zero-order valence-electron chi connectivity index (χ0n) is 12.7. The number of hydrogen-bond acceptors (Lipinski definition) is 4. The third-order valence-corrected chi connectivity index (χ3v) is 3.53. The molecule has 0 aliphatic rings. The van der Waals surface area contributed by atoms with E-state index in [0.717, 1.165) is 36.8 Å². The van der Waals surface area contributed by atoms with Gasteiger partial charge in [-0.3, -0.25) is 9.52 Å². The quantitative estimate of drug-likeness (QED) is 0.556. The highest BCUT2D eigenvalue weighted by molar-refractivity contribution is 7.89. The molecule has 120 valence electrons. The Kier molecular flexibility index (Phi) is 7.47. The second-order valence-corrected chi connectivity index (χ2v) is 6.71. The topological polar surface area (TPSA) is 72.5 Å². The van der Waals surface area contributed by atoms with Gasteiger partial charge in [0.2, 0.25) is 15.9 Å². The number of para-hydroxylation sites is 1. The third-order valence-electron chi connectivity index (χ3n) is 2.93. The van der Waals surface area contributed by atoms with Crippen LogP contribution < -0.4 is 9.46 Å². The number of rotatable bonds is 9. The van der Waals surface area contributed by atoms with Crippen LogP contribution in [0.5, 0.6) is 5.75 Å². The molecular weight excluding hydrogens is 302 g/mol. The average molecular weight is 323 g/mol. The van der Waals surface area contributed by atoms with Gasteiger partial charge in [-0.25, -0.2) is 8.42 Å². The Balaban J connectivity index is 2.31. The van der Waals surface area contributed by atoms with Gasteiger partial charge in [-0.15, -0.1) is 6.42 Å². The van der Waals surface area contributed by atoms with E-state index in [1.54, 1.807) is 0 Å². The normalized spacial score (nSPS) is 10.7. The van der Waals surface area contributed by atoms with Crippen molar-refractivity contribution in [1.29, 1.82) is 0 Å². The van der Waals surface area contributed by atoms with Gasteiger partial charge in [-0.05, 0) is 30.9 Å². The molecule has 0 aliphatic carbocycles. The summed E-state index contributed by atoms with van der Waals surface area (Å²) < 4.78 is 29.2. The number of nitrogens with one attached hydrogen (secondary N) is 1. The van der Waals surface area contributed by atoms with Gasteiger partial charge in [0.05, 0.1) is 6.26 Å². The number of benzene rings is 1. The molecular formula is C16H21NO4S. The molecule has 6 heteroatoms. The van der Waals surface area contributed by atoms with E-state index in [-0.39, 0.29) is 13.0 Å². The maximum atomic E-state index is 11.3. The van der Waals surface area contributed by atoms with E-state index in [1.807, 2.05) is 29.0 Å². The predicted molar refractivity (Wildman–Crippen MR) is 85.9 cm³/mol. The molecule has 1 aromatic rings. The van der Waals surface area contributed by atoms with Crippen LogP contribution >= 0.6 is 0 Å². The zero-order chi connectivity index (χ0) is 16.4. The van der Waals surface area contributed by atoms with Crippen LogP contribution in [0.25, 0.3) is 0 Å². The van der Waals surface area contributed by atoms with Crippen molar-refractivity contribution in [3.05, 3.63) is 29.8 Å². The molecule has 0 aromatic heterocycles. The van der Waals surface area contributed by atoms with Crippen LogP contribution in [-0.4, -0.2) is 27.2 Å². The number of sulfonamides is 1. The monoisotopic (exact) mass is 323 g/mol. The molecule has 0 heterocycles. The number of ether oxygens (including phenoxy) is 1. The van der Waals surface area contributed by atoms with Crippen molar-refractivity contribution in [3.8, 4) is 18.1 Å². The van der Waals surface area contributed by atoms with Gasteiger partial charge in [-0.2, -0.15) is 0 Å². The largest absolute Gasteiger partial charge is 0.481 e. The predicted octanol–water partition coefficient (Wildman–Crippen LogP) is 1.88. The van der Waals surface area contributed by atoms with Gasteiger partial charge >= 0.3 is 0 Å². The Labute approximate surface area is 132 Å². The fourth-order valence-corrected chi connectivity index (χ4v) is 2.52. The summed E-state index contributed by atoms with van der Waals surface area (Å²) in [6.07, 6.45) is 9.56. The molecule has 0 unspecified atom stereocenters. The molecule has 1 amide bonds. The molecule has 0 aliphatic heterocycles. The Morgan fingerprint density at radius 2 is 2.00 bits per heavy atom. The minimum Gasteiger partial charge on any atom is -0.481 e. The number of amides is 1. The lowest BCUT2D eigenvalue weighted by atomic mass is 10.1. The van der Waals surface area contributed by atoms with E-state index >= 15 is 0 Å². The summed E-state index contributed by atoms with van der Waals surface area (Å²) in [7, 11) is -3.46. The summed E-state index contributed by atoms with van der Waals surface area (Å²) in [5, 5.41) is 0. The summed E-state index contributed by atoms with van der Waals surface area (Å²) in [6.45, 7) is 0.239. The summed E-state index contributed by atoms with van der Waals surface area (Å²) in [5.74, 6) is 2.76. The lowest BCUT2D eigenvalue weighted by Gasteiger charge is -2.09. The second-order valence-electron chi connectivity index (χ2n) is 4.96. The molecule has 0 saturated heterocycles. The van der Waals surface area contributed by atoms with E-state index in [4.69, 9.17) is 11.2 Å². The van der Waals surface area contributed by atoms with Crippen molar-refractivity contribution in [2.75, 3.05) is 12.9 Å². The van der Waals surface area contributed by atoms with Crippen molar-refractivity contribution in [3.63, 3.8) is 0 Å². The maximum Gasteiger partial charge on any atom is 0.233 e. The lowest BCUT2D eigenvalue weighted by Crippen LogP contribution is -2.28. The third kappa shape index (κ3) is 7.70. The summed E-state index contributed by atoms with van der Waals surface area (Å²) in [5.41, 5.74) is 1.08. The number of carbonyl (C=O) groups excluding carboxylic acids is 1. The van der Waals surface area contributed by atoms with E-state index in [0.29, 0.717) is 6.42 Å². The van der Waals surface area contributed by atoms with Crippen molar-refractivity contribution in [1.82, 2.24) is 4.72 Å². The van der Waals surface area contributed by atoms with Crippen molar-refractivity contribution >= 4 is 15.9 Å². The summed E-state index contributed by atoms with van der Waals surface area (Å²) >= 11 is 0. The number of hydrogen-bond donors (Lipinski definition) is 1. The van der Waals surface area contributed by atoms with Crippen LogP contribution in [0.1, 0.15) is 31.2 Å². The smallest absolute Gasteiger partial charge is 0.233 e. The second kappa shape index (κ2) is 9.11. The standard InChI is InChI=1S/C16H21NO4S/c1-3-13-21-15-11-8-7-10-14(15)9-5-4-6-12-16(18)17-22(2,19)20/h1,7-8,10-11H,4-6,9,12-13H2,2H3,(H,17,18). The molecule has 22 heavy (non-hydrogen) atoms. The van der Waals surface area contributed by atoms with Crippen molar-refractivity contribution in [2.45, 2.75) is 32.1 Å². The SMILES string of the molecule is C#CCOc1ccccc1CCCCCC(=O)NS(C)(=O)=O. The molecule has 1 aromatic carbocycles. The van der Waals surface area contributed by atoms with Gasteiger partial charge in [0, 0.05) is 6.42 Å². The first-order valence-corrected chi connectivity index (χ1v) is 8.96. The number of unbranched alkanes of at least 4 members (excludes halogenated alkanes) is 2. The van der Waals surface area contributed by atoms with Crippen LogP contribution in [-0.2, 0) is 21.2 Å². The summed E-state index contributed by atoms with van der Waals surface area (Å²) in [4.78, 5) is 11.3. The van der Waals surface area contributed by atoms with Gasteiger partial charge in [0.25, 0.3) is 0 Å². The fourth-order valence-electron chi connectivity index (χ4n) is 2.01. The Morgan fingerprint density at radius 3 is 2.68 bits per heavy atom. The molecule has 1 N–H and O–H groups in total. The zero-order valence-corrected chi connectivity index (χ0v) is 13.5. The van der Waals surface area contributed by atoms with Crippen molar-refractivity contribution in [2.24, 2.45) is 0 Å². The molecule has 0 spiro atoms. The maximum absolute atomic E-state index is 11.3. The molecule has 0 fully saturated rings. The lowest BCUT2D eigenvalue weighted by molar-refractivity contribution is -0.119. The summed E-state index contributed by atoms with van der Waals surface area (Å²) in [6, 6.07) is 7.71. The van der Waals surface area contributed by atoms with Crippen LogP contribution in [0.2, 0.25) is 0 Å². The highest BCUT2D eigenvalue weighted by atomic mass is 32.2. The van der Waals surface area contributed by atoms with Gasteiger partial charge < -0.3 is 4.74 Å². The van der Waals surface area contributed by atoms with E-state index in [1.165, 1.54) is 0 Å². The first kappa shape index (κ1) is 18.1. The van der Waals surface area contributed by atoms with E-state index in [2.05, 4.69) is 5.92 Å². The minimum absolute atomic E-state index is 0.211. The Bertz CT molecular complexity index is 632. The van der Waals surface area contributed by atoms with Crippen LogP contribution in [0.4, 0.5) is 0 Å². The fraction of sp³-hybridized carbons (Fsp3) is 0.438. The first-order valence-electron chi connectivity index (χ1n) is 7.07. The Morgan fingerprint density at radius 1 is 1.27 bits per heavy atom. The number of aryl methyl sites for hydroxylation is 1. The van der Waals surface area contributed by atoms with Gasteiger partial charge in [0.15, 0.2) is 0 Å². The van der Waals surface area contributed by atoms with Crippen LogP contribution in [0.3, 0.4) is 0 Å². The molecule has 0 radical (unpaired) electrons.